The highest BCUT2D eigenvalue weighted by molar-refractivity contribution is 5.67. The fourth-order valence-electron chi connectivity index (χ4n) is 4.14. The van der Waals surface area contributed by atoms with E-state index in [-0.39, 0.29) is 12.1 Å². The van der Waals surface area contributed by atoms with Crippen LogP contribution in [0, 0.1) is 18.3 Å². The van der Waals surface area contributed by atoms with Gasteiger partial charge in [0.05, 0.1) is 35.6 Å². The summed E-state index contributed by atoms with van der Waals surface area (Å²) in [4.78, 5) is 0. The summed E-state index contributed by atoms with van der Waals surface area (Å²) >= 11 is 0. The van der Waals surface area contributed by atoms with E-state index in [0.717, 1.165) is 39.6 Å². The molecule has 0 saturated carbocycles. The monoisotopic (exact) mass is 395 g/mol. The van der Waals surface area contributed by atoms with Gasteiger partial charge in [-0.1, -0.05) is 18.2 Å². The van der Waals surface area contributed by atoms with Gasteiger partial charge in [-0.3, -0.25) is 14.6 Å². The zero-order chi connectivity index (χ0) is 20.8. The molecule has 0 spiro atoms. The molecule has 2 atom stereocenters. The molecular weight excluding hydrogens is 374 g/mol. The minimum atomic E-state index is -0.0551. The number of nitrogens with one attached hydrogen (secondary N) is 1. The molecule has 148 valence electrons. The summed E-state index contributed by atoms with van der Waals surface area (Å²) in [5, 5.41) is 26.0. The molecular formula is C23H21N7. The Morgan fingerprint density at radius 2 is 1.87 bits per heavy atom. The van der Waals surface area contributed by atoms with Crippen LogP contribution in [0.5, 0.6) is 0 Å². The first-order valence-corrected chi connectivity index (χ1v) is 9.86. The third kappa shape index (κ3) is 2.90. The molecule has 1 aliphatic heterocycles. The lowest BCUT2D eigenvalue weighted by Gasteiger charge is -2.22. The fraction of sp³-hybridized carbons (Fsp3) is 0.217. The number of hydrogen-bond acceptors (Lipinski definition) is 5. The first-order valence-electron chi connectivity index (χ1n) is 9.86. The Morgan fingerprint density at radius 1 is 1.07 bits per heavy atom. The van der Waals surface area contributed by atoms with Crippen LogP contribution in [0.3, 0.4) is 0 Å². The Morgan fingerprint density at radius 3 is 2.57 bits per heavy atom. The lowest BCUT2D eigenvalue weighted by Crippen LogP contribution is -2.25. The maximum Gasteiger partial charge on any atom is 0.154 e. The van der Waals surface area contributed by atoms with Crippen molar-refractivity contribution in [3.05, 3.63) is 83.2 Å². The predicted molar refractivity (Wildman–Crippen MR) is 113 cm³/mol. The third-order valence-electron chi connectivity index (χ3n) is 5.64. The fourth-order valence-corrected chi connectivity index (χ4v) is 4.14. The van der Waals surface area contributed by atoms with Crippen molar-refractivity contribution >= 4 is 0 Å². The van der Waals surface area contributed by atoms with Crippen LogP contribution >= 0.6 is 0 Å². The molecule has 0 bridgehead atoms. The SMILES string of the molecule is Cc1nnc2n1-c1ccc(-c3cnn(C)c3)cc1C(c1ccc(C#N)cc1)N[C@H]2C. The van der Waals surface area contributed by atoms with E-state index in [0.29, 0.717) is 5.56 Å². The topological polar surface area (TPSA) is 84.3 Å². The Kier molecular flexibility index (Phi) is 4.23. The first kappa shape index (κ1) is 18.3. The van der Waals surface area contributed by atoms with Gasteiger partial charge in [0.15, 0.2) is 5.82 Å². The Balaban J connectivity index is 1.73. The van der Waals surface area contributed by atoms with E-state index in [2.05, 4.69) is 56.4 Å². The second kappa shape index (κ2) is 6.94. The van der Waals surface area contributed by atoms with E-state index in [1.807, 2.05) is 55.3 Å². The minimum Gasteiger partial charge on any atom is -0.297 e. The van der Waals surface area contributed by atoms with Crippen molar-refractivity contribution in [2.24, 2.45) is 7.05 Å². The minimum absolute atomic E-state index is 0.00100. The van der Waals surface area contributed by atoms with Gasteiger partial charge in [0.1, 0.15) is 5.82 Å². The Labute approximate surface area is 174 Å². The highest BCUT2D eigenvalue weighted by atomic mass is 15.3. The molecule has 7 heteroatoms. The summed E-state index contributed by atoms with van der Waals surface area (Å²) in [5.74, 6) is 1.74. The van der Waals surface area contributed by atoms with Crippen LogP contribution < -0.4 is 5.32 Å². The van der Waals surface area contributed by atoms with Gasteiger partial charge in [0.25, 0.3) is 0 Å². The van der Waals surface area contributed by atoms with E-state index in [9.17, 15) is 5.26 Å². The molecule has 0 saturated heterocycles. The summed E-state index contributed by atoms with van der Waals surface area (Å²) in [5.41, 5.74) is 6.11. The second-order valence-corrected chi connectivity index (χ2v) is 7.67. The van der Waals surface area contributed by atoms with Crippen molar-refractivity contribution in [3.8, 4) is 22.9 Å². The van der Waals surface area contributed by atoms with E-state index in [1.165, 1.54) is 0 Å². The van der Waals surface area contributed by atoms with Gasteiger partial charge < -0.3 is 0 Å². The van der Waals surface area contributed by atoms with E-state index in [1.54, 1.807) is 0 Å². The molecule has 5 rings (SSSR count). The molecule has 0 amide bonds. The van der Waals surface area contributed by atoms with E-state index < -0.39 is 0 Å². The molecule has 4 aromatic rings. The highest BCUT2D eigenvalue weighted by Crippen LogP contribution is 2.37. The average Bonchev–Trinajstić information content (AvgIpc) is 3.34. The molecule has 3 heterocycles. The van der Waals surface area contributed by atoms with Crippen molar-refractivity contribution in [1.29, 1.82) is 5.26 Å². The van der Waals surface area contributed by atoms with Gasteiger partial charge >= 0.3 is 0 Å². The number of aromatic nitrogens is 5. The van der Waals surface area contributed by atoms with Crippen LogP contribution in [0.2, 0.25) is 0 Å². The highest BCUT2D eigenvalue weighted by Gasteiger charge is 2.30. The average molecular weight is 395 g/mol. The van der Waals surface area contributed by atoms with Crippen molar-refractivity contribution in [2.45, 2.75) is 25.9 Å². The largest absolute Gasteiger partial charge is 0.297 e. The molecule has 0 radical (unpaired) electrons. The molecule has 2 aromatic heterocycles. The number of fused-ring (bicyclic) bond motifs is 3. The molecule has 1 aliphatic rings. The summed E-state index contributed by atoms with van der Waals surface area (Å²) in [7, 11) is 1.92. The van der Waals surface area contributed by atoms with Crippen molar-refractivity contribution in [3.63, 3.8) is 0 Å². The molecule has 1 unspecified atom stereocenters. The number of nitrogens with zero attached hydrogens (tertiary/aromatic N) is 6. The second-order valence-electron chi connectivity index (χ2n) is 7.67. The summed E-state index contributed by atoms with van der Waals surface area (Å²) < 4.78 is 3.94. The van der Waals surface area contributed by atoms with Crippen LogP contribution in [0.1, 0.15) is 47.3 Å². The lowest BCUT2D eigenvalue weighted by atomic mass is 9.93. The first-order chi connectivity index (χ1) is 14.5. The Bertz CT molecular complexity index is 1270. The van der Waals surface area contributed by atoms with Crippen molar-refractivity contribution < 1.29 is 0 Å². The summed E-state index contributed by atoms with van der Waals surface area (Å²) in [6, 6.07) is 16.4. The Hall–Kier alpha value is -3.76. The lowest BCUT2D eigenvalue weighted by molar-refractivity contribution is 0.504. The molecule has 0 aliphatic carbocycles. The van der Waals surface area contributed by atoms with E-state index in [4.69, 9.17) is 0 Å². The van der Waals surface area contributed by atoms with Gasteiger partial charge in [0, 0.05) is 18.8 Å². The standard InChI is InChI=1S/C23H21N7/c1-14-23-28-27-15(2)30(23)21-9-8-18(19-12-25-29(3)13-19)10-20(21)22(26-14)17-6-4-16(11-24)5-7-17/h4-10,12-14,22,26H,1-3H3/t14-,22?/m0/s1. The number of rotatable bonds is 2. The predicted octanol–water partition coefficient (Wildman–Crippen LogP) is 3.60. The zero-order valence-electron chi connectivity index (χ0n) is 17.0. The van der Waals surface area contributed by atoms with E-state index >= 15 is 0 Å². The van der Waals surface area contributed by atoms with Gasteiger partial charge in [0.2, 0.25) is 0 Å². The molecule has 7 nitrogen and oxygen atoms in total. The molecule has 1 N–H and O–H groups in total. The number of benzene rings is 2. The number of aryl methyl sites for hydroxylation is 2. The number of nitriles is 1. The normalized spacial score (nSPS) is 17.7. The third-order valence-corrected chi connectivity index (χ3v) is 5.64. The van der Waals surface area contributed by atoms with Gasteiger partial charge in [-0.15, -0.1) is 10.2 Å². The maximum absolute atomic E-state index is 9.18. The van der Waals surface area contributed by atoms with Crippen LogP contribution in [0.15, 0.2) is 54.9 Å². The summed E-state index contributed by atoms with van der Waals surface area (Å²) in [6.07, 6.45) is 3.89. The summed E-state index contributed by atoms with van der Waals surface area (Å²) in [6.45, 7) is 4.08. The van der Waals surface area contributed by atoms with Crippen LogP contribution in [-0.2, 0) is 7.05 Å². The van der Waals surface area contributed by atoms with Gasteiger partial charge in [-0.2, -0.15) is 10.4 Å². The van der Waals surface area contributed by atoms with Crippen LogP contribution in [0.25, 0.3) is 16.8 Å². The smallest absolute Gasteiger partial charge is 0.154 e. The maximum atomic E-state index is 9.18. The molecule has 30 heavy (non-hydrogen) atoms. The van der Waals surface area contributed by atoms with Crippen LogP contribution in [0.4, 0.5) is 0 Å². The van der Waals surface area contributed by atoms with Crippen LogP contribution in [-0.4, -0.2) is 24.5 Å². The number of hydrogen-bond donors (Lipinski definition) is 1. The molecule has 2 aromatic carbocycles. The van der Waals surface area contributed by atoms with Gasteiger partial charge in [-0.25, -0.2) is 0 Å². The van der Waals surface area contributed by atoms with Crippen molar-refractivity contribution in [2.75, 3.05) is 0 Å². The van der Waals surface area contributed by atoms with Gasteiger partial charge in [-0.05, 0) is 54.8 Å². The van der Waals surface area contributed by atoms with Crippen molar-refractivity contribution in [1.82, 2.24) is 29.9 Å². The molecule has 0 fully saturated rings. The quantitative estimate of drug-likeness (QED) is 0.561. The zero-order valence-corrected chi connectivity index (χ0v) is 17.0.